The summed E-state index contributed by atoms with van der Waals surface area (Å²) in [4.78, 5) is 12.4. The van der Waals surface area contributed by atoms with Gasteiger partial charge in [-0.3, -0.25) is 9.89 Å². The van der Waals surface area contributed by atoms with Gasteiger partial charge in [-0.15, -0.1) is 0 Å². The van der Waals surface area contributed by atoms with Gasteiger partial charge < -0.3 is 15.1 Å². The summed E-state index contributed by atoms with van der Waals surface area (Å²) in [7, 11) is 4.21. The van der Waals surface area contributed by atoms with Crippen LogP contribution in [0.5, 0.6) is 0 Å². The molecule has 3 rings (SSSR count). The number of hydrogen-bond donors (Lipinski definition) is 1. The first-order valence-corrected chi connectivity index (χ1v) is 10.5. The van der Waals surface area contributed by atoms with Gasteiger partial charge in [0.15, 0.2) is 5.96 Å². The lowest BCUT2D eigenvalue weighted by molar-refractivity contribution is 0.0168. The third-order valence-electron chi connectivity index (χ3n) is 6.69. The number of likely N-dealkylation sites (tertiary alicyclic amines) is 3. The molecule has 3 fully saturated rings. The largest absolute Gasteiger partial charge is 0.354 e. The molecule has 0 aliphatic carbocycles. The minimum absolute atomic E-state index is 0.324. The molecule has 1 atom stereocenters. The van der Waals surface area contributed by atoms with Crippen LogP contribution in [0.4, 0.5) is 0 Å². The maximum Gasteiger partial charge on any atom is 0.193 e. The second kappa shape index (κ2) is 8.72. The number of guanidine groups is 1. The van der Waals surface area contributed by atoms with E-state index >= 15 is 0 Å². The Morgan fingerprint density at radius 2 is 1.76 bits per heavy atom. The molecule has 0 bridgehead atoms. The van der Waals surface area contributed by atoms with Crippen LogP contribution in [0.1, 0.15) is 51.9 Å². The van der Waals surface area contributed by atoms with Crippen molar-refractivity contribution in [2.75, 3.05) is 59.9 Å². The monoisotopic (exact) mass is 349 g/mol. The van der Waals surface area contributed by atoms with Crippen molar-refractivity contribution < 1.29 is 0 Å². The van der Waals surface area contributed by atoms with Crippen LogP contribution < -0.4 is 5.32 Å². The summed E-state index contributed by atoms with van der Waals surface area (Å²) in [5.41, 5.74) is 0.324. The zero-order chi connectivity index (χ0) is 17.7. The lowest BCUT2D eigenvalue weighted by atomic mass is 9.84. The molecule has 0 aromatic rings. The van der Waals surface area contributed by atoms with Gasteiger partial charge in [-0.2, -0.15) is 0 Å². The highest BCUT2D eigenvalue weighted by Crippen LogP contribution is 2.31. The summed E-state index contributed by atoms with van der Waals surface area (Å²) in [6, 6.07) is 0. The first kappa shape index (κ1) is 19.0. The highest BCUT2D eigenvalue weighted by Gasteiger charge is 2.40. The van der Waals surface area contributed by atoms with Gasteiger partial charge in [0.2, 0.25) is 0 Å². The predicted molar refractivity (Wildman–Crippen MR) is 106 cm³/mol. The van der Waals surface area contributed by atoms with E-state index in [4.69, 9.17) is 0 Å². The van der Waals surface area contributed by atoms with Crippen molar-refractivity contribution in [1.82, 2.24) is 20.0 Å². The Bertz CT molecular complexity index is 435. The van der Waals surface area contributed by atoms with Crippen LogP contribution in [0, 0.1) is 5.92 Å². The van der Waals surface area contributed by atoms with Crippen LogP contribution in [0.15, 0.2) is 4.99 Å². The third-order valence-corrected chi connectivity index (χ3v) is 6.69. The van der Waals surface area contributed by atoms with E-state index in [2.05, 4.69) is 39.0 Å². The highest BCUT2D eigenvalue weighted by atomic mass is 15.3. The molecule has 5 heteroatoms. The van der Waals surface area contributed by atoms with Crippen LogP contribution in [0.25, 0.3) is 0 Å². The Morgan fingerprint density at radius 3 is 2.40 bits per heavy atom. The summed E-state index contributed by atoms with van der Waals surface area (Å²) in [6.45, 7) is 10.7. The Morgan fingerprint density at radius 1 is 1.04 bits per heavy atom. The lowest BCUT2D eigenvalue weighted by Gasteiger charge is -2.50. The van der Waals surface area contributed by atoms with E-state index in [1.54, 1.807) is 0 Å². The van der Waals surface area contributed by atoms with E-state index < -0.39 is 0 Å². The van der Waals surface area contributed by atoms with Crippen molar-refractivity contribution in [3.63, 3.8) is 0 Å². The second-order valence-corrected chi connectivity index (χ2v) is 8.67. The Balaban J connectivity index is 1.65. The summed E-state index contributed by atoms with van der Waals surface area (Å²) < 4.78 is 0. The molecular weight excluding hydrogens is 310 g/mol. The van der Waals surface area contributed by atoms with Crippen molar-refractivity contribution in [3.05, 3.63) is 0 Å². The van der Waals surface area contributed by atoms with Gasteiger partial charge in [0.05, 0.1) is 0 Å². The molecule has 3 aliphatic heterocycles. The molecule has 1 unspecified atom stereocenters. The van der Waals surface area contributed by atoms with E-state index in [-0.39, 0.29) is 0 Å². The first-order chi connectivity index (χ1) is 12.1. The number of hydrogen-bond acceptors (Lipinski definition) is 3. The summed E-state index contributed by atoms with van der Waals surface area (Å²) in [5.74, 6) is 1.91. The topological polar surface area (TPSA) is 34.1 Å². The molecule has 0 aromatic heterocycles. The van der Waals surface area contributed by atoms with Gasteiger partial charge in [0.25, 0.3) is 0 Å². The number of aliphatic imine (C=N–C) groups is 1. The molecule has 0 aromatic carbocycles. The molecular formula is C20H39N5. The van der Waals surface area contributed by atoms with E-state index in [0.717, 1.165) is 31.5 Å². The fraction of sp³-hybridized carbons (Fsp3) is 0.950. The van der Waals surface area contributed by atoms with Crippen LogP contribution in [0.2, 0.25) is 0 Å². The fourth-order valence-corrected chi connectivity index (χ4v) is 4.97. The standard InChI is InChI=1S/C20H39N5/c1-18-8-7-11-24(16-18)19(21-2)22-17-20(9-14-23(3)15-10-20)25-12-5-4-6-13-25/h18H,4-17H2,1-3H3,(H,21,22). The first-order valence-electron chi connectivity index (χ1n) is 10.5. The Hall–Kier alpha value is -0.810. The predicted octanol–water partition coefficient (Wildman–Crippen LogP) is 2.24. The minimum atomic E-state index is 0.324. The normalized spacial score (nSPS) is 29.6. The van der Waals surface area contributed by atoms with Crippen molar-refractivity contribution in [1.29, 1.82) is 0 Å². The van der Waals surface area contributed by atoms with E-state index in [9.17, 15) is 0 Å². The second-order valence-electron chi connectivity index (χ2n) is 8.67. The lowest BCUT2D eigenvalue weighted by Crippen LogP contribution is -2.62. The molecule has 25 heavy (non-hydrogen) atoms. The quantitative estimate of drug-likeness (QED) is 0.626. The fourth-order valence-electron chi connectivity index (χ4n) is 4.97. The van der Waals surface area contributed by atoms with Gasteiger partial charge in [-0.05, 0) is 77.7 Å². The molecule has 3 aliphatic rings. The molecule has 3 saturated heterocycles. The third kappa shape index (κ3) is 4.68. The molecule has 1 N–H and O–H groups in total. The van der Waals surface area contributed by atoms with Crippen LogP contribution >= 0.6 is 0 Å². The summed E-state index contributed by atoms with van der Waals surface area (Å²) >= 11 is 0. The maximum atomic E-state index is 4.62. The Labute approximate surface area is 154 Å². The number of nitrogens with zero attached hydrogens (tertiary/aromatic N) is 4. The molecule has 0 saturated carbocycles. The molecule has 0 amide bonds. The van der Waals surface area contributed by atoms with Gasteiger partial charge in [0, 0.05) is 32.2 Å². The van der Waals surface area contributed by atoms with Gasteiger partial charge in [0.1, 0.15) is 0 Å². The van der Waals surface area contributed by atoms with E-state index in [1.807, 2.05) is 7.05 Å². The SMILES string of the molecule is CN=C(NCC1(N2CCCCC2)CCN(C)CC1)N1CCCC(C)C1. The highest BCUT2D eigenvalue weighted by molar-refractivity contribution is 5.80. The Kier molecular flexibility index (Phi) is 6.61. The van der Waals surface area contributed by atoms with Crippen molar-refractivity contribution in [2.45, 2.75) is 57.4 Å². The maximum absolute atomic E-state index is 4.62. The van der Waals surface area contributed by atoms with Crippen LogP contribution in [-0.4, -0.2) is 86.1 Å². The molecule has 5 nitrogen and oxygen atoms in total. The molecule has 3 heterocycles. The summed E-state index contributed by atoms with van der Waals surface area (Å²) in [5, 5.41) is 3.80. The minimum Gasteiger partial charge on any atom is -0.354 e. The van der Waals surface area contributed by atoms with E-state index in [0.29, 0.717) is 5.54 Å². The van der Waals surface area contributed by atoms with Gasteiger partial charge in [-0.25, -0.2) is 0 Å². The van der Waals surface area contributed by atoms with Crippen LogP contribution in [-0.2, 0) is 0 Å². The van der Waals surface area contributed by atoms with Crippen molar-refractivity contribution in [3.8, 4) is 0 Å². The zero-order valence-corrected chi connectivity index (χ0v) is 16.8. The van der Waals surface area contributed by atoms with Crippen LogP contribution in [0.3, 0.4) is 0 Å². The zero-order valence-electron chi connectivity index (χ0n) is 16.8. The number of piperidine rings is 3. The van der Waals surface area contributed by atoms with Crippen molar-refractivity contribution in [2.24, 2.45) is 10.9 Å². The van der Waals surface area contributed by atoms with Gasteiger partial charge >= 0.3 is 0 Å². The molecule has 144 valence electrons. The molecule has 0 radical (unpaired) electrons. The number of nitrogens with one attached hydrogen (secondary N) is 1. The average Bonchev–Trinajstić information content (AvgIpc) is 2.65. The molecule has 0 spiro atoms. The average molecular weight is 350 g/mol. The van der Waals surface area contributed by atoms with E-state index in [1.165, 1.54) is 71.1 Å². The summed E-state index contributed by atoms with van der Waals surface area (Å²) in [6.07, 6.45) is 9.37. The van der Waals surface area contributed by atoms with Crippen molar-refractivity contribution >= 4 is 5.96 Å². The number of rotatable bonds is 3. The van der Waals surface area contributed by atoms with Gasteiger partial charge in [-0.1, -0.05) is 13.3 Å². The smallest absolute Gasteiger partial charge is 0.193 e.